The standard InChI is InChI=1S/C12H28Si.BH3O3/c1-4-7-10-13(11-8-5-2)12-9-6-3;2-1(3)4/h13H,4-12H2,1-3H3;2-4H. The minimum absolute atomic E-state index is 0.287. The third-order valence-corrected chi connectivity index (χ3v) is 6.57. The molecule has 0 aliphatic heterocycles. The van der Waals surface area contributed by atoms with Gasteiger partial charge in [0.05, 0.1) is 0 Å². The smallest absolute Gasteiger partial charge is 0.402 e. The molecule has 17 heavy (non-hydrogen) atoms. The van der Waals surface area contributed by atoms with Crippen molar-refractivity contribution in [1.29, 1.82) is 0 Å². The molecular weight excluding hydrogens is 231 g/mol. The van der Waals surface area contributed by atoms with Crippen LogP contribution in [-0.4, -0.2) is 31.2 Å². The first-order chi connectivity index (χ1) is 8.08. The van der Waals surface area contributed by atoms with Gasteiger partial charge in [-0.05, 0) is 0 Å². The minimum Gasteiger partial charge on any atom is -0.402 e. The predicted molar refractivity (Wildman–Crippen MR) is 78.7 cm³/mol. The predicted octanol–water partition coefficient (Wildman–Crippen LogP) is 2.56. The molecule has 0 amide bonds. The van der Waals surface area contributed by atoms with Gasteiger partial charge in [0.1, 0.15) is 0 Å². The molecule has 0 rings (SSSR count). The third kappa shape index (κ3) is 21.9. The van der Waals surface area contributed by atoms with E-state index in [2.05, 4.69) is 20.8 Å². The maximum Gasteiger partial charge on any atom is 0.631 e. The lowest BCUT2D eigenvalue weighted by Crippen LogP contribution is -2.11. The van der Waals surface area contributed by atoms with Crippen molar-refractivity contribution in [3.05, 3.63) is 0 Å². The summed E-state index contributed by atoms with van der Waals surface area (Å²) in [6, 6.07) is 4.86. The van der Waals surface area contributed by atoms with E-state index in [1.807, 2.05) is 0 Å². The zero-order valence-corrected chi connectivity index (χ0v) is 13.0. The molecule has 104 valence electrons. The van der Waals surface area contributed by atoms with Crippen LogP contribution in [0.1, 0.15) is 59.3 Å². The fraction of sp³-hybridized carbons (Fsp3) is 1.00. The molecule has 3 nitrogen and oxygen atoms in total. The second-order valence-electron chi connectivity index (χ2n) is 4.64. The highest BCUT2D eigenvalue weighted by Crippen LogP contribution is 2.16. The molecule has 0 aromatic rings. The lowest BCUT2D eigenvalue weighted by molar-refractivity contribution is 0.278. The van der Waals surface area contributed by atoms with Crippen LogP contribution in [0.5, 0.6) is 0 Å². The van der Waals surface area contributed by atoms with Gasteiger partial charge in [-0.25, -0.2) is 0 Å². The van der Waals surface area contributed by atoms with Crippen LogP contribution in [0.25, 0.3) is 0 Å². The summed E-state index contributed by atoms with van der Waals surface area (Å²) < 4.78 is 0. The zero-order chi connectivity index (χ0) is 13.5. The van der Waals surface area contributed by atoms with Gasteiger partial charge in [-0.1, -0.05) is 77.4 Å². The van der Waals surface area contributed by atoms with Crippen LogP contribution in [0.2, 0.25) is 18.1 Å². The first-order valence-electron chi connectivity index (χ1n) is 7.12. The van der Waals surface area contributed by atoms with E-state index in [4.69, 9.17) is 15.1 Å². The molecule has 0 spiro atoms. The van der Waals surface area contributed by atoms with E-state index in [-0.39, 0.29) is 8.80 Å². The molecule has 0 aromatic carbocycles. The lowest BCUT2D eigenvalue weighted by Gasteiger charge is -2.13. The second-order valence-corrected chi connectivity index (χ2v) is 8.10. The topological polar surface area (TPSA) is 60.7 Å². The summed E-state index contributed by atoms with van der Waals surface area (Å²) in [7, 11) is -2.45. The average Bonchev–Trinajstić information content (AvgIpc) is 2.27. The van der Waals surface area contributed by atoms with Gasteiger partial charge in [-0.2, -0.15) is 0 Å². The summed E-state index contributed by atoms with van der Waals surface area (Å²) in [5.41, 5.74) is 0. The fourth-order valence-corrected chi connectivity index (χ4v) is 5.73. The van der Waals surface area contributed by atoms with Crippen LogP contribution in [-0.2, 0) is 0 Å². The molecule has 0 aliphatic rings. The van der Waals surface area contributed by atoms with Crippen molar-refractivity contribution in [1.82, 2.24) is 0 Å². The Hall–Kier alpha value is 0.162. The largest absolute Gasteiger partial charge is 0.631 e. The van der Waals surface area contributed by atoms with E-state index in [1.54, 1.807) is 18.1 Å². The van der Waals surface area contributed by atoms with Crippen molar-refractivity contribution in [3.63, 3.8) is 0 Å². The quantitative estimate of drug-likeness (QED) is 0.560. The maximum absolute atomic E-state index is 7.17. The summed E-state index contributed by atoms with van der Waals surface area (Å²) >= 11 is 0. The number of hydrogen-bond acceptors (Lipinski definition) is 3. The number of hydrogen-bond donors (Lipinski definition) is 3. The molecule has 0 saturated carbocycles. The monoisotopic (exact) mass is 262 g/mol. The molecule has 5 heteroatoms. The van der Waals surface area contributed by atoms with Crippen molar-refractivity contribution >= 4 is 16.1 Å². The van der Waals surface area contributed by atoms with Gasteiger partial charge < -0.3 is 15.1 Å². The highest BCUT2D eigenvalue weighted by molar-refractivity contribution is 6.58. The number of unbranched alkanes of at least 4 members (excludes halogenated alkanes) is 3. The molecule has 0 fully saturated rings. The average molecular weight is 262 g/mol. The molecule has 0 aromatic heterocycles. The maximum atomic E-state index is 7.17. The van der Waals surface area contributed by atoms with Gasteiger partial charge in [0.2, 0.25) is 0 Å². The first kappa shape index (κ1) is 19.5. The molecule has 0 bridgehead atoms. The van der Waals surface area contributed by atoms with Crippen molar-refractivity contribution in [2.45, 2.75) is 77.4 Å². The van der Waals surface area contributed by atoms with Crippen LogP contribution < -0.4 is 0 Å². The molecule has 0 saturated heterocycles. The van der Waals surface area contributed by atoms with Crippen LogP contribution in [0.15, 0.2) is 0 Å². The van der Waals surface area contributed by atoms with Gasteiger partial charge >= 0.3 is 7.32 Å². The number of rotatable bonds is 9. The molecule has 0 unspecified atom stereocenters. The van der Waals surface area contributed by atoms with Crippen molar-refractivity contribution in [2.75, 3.05) is 0 Å². The van der Waals surface area contributed by atoms with Gasteiger partial charge in [-0.15, -0.1) is 0 Å². The molecule has 0 aliphatic carbocycles. The second kappa shape index (κ2) is 16.2. The first-order valence-corrected chi connectivity index (χ1v) is 9.57. The molecule has 0 radical (unpaired) electrons. The van der Waals surface area contributed by atoms with Gasteiger partial charge in [-0.3, -0.25) is 0 Å². The highest BCUT2D eigenvalue weighted by Gasteiger charge is 2.08. The van der Waals surface area contributed by atoms with E-state index < -0.39 is 7.32 Å². The van der Waals surface area contributed by atoms with Gasteiger partial charge in [0.25, 0.3) is 0 Å². The van der Waals surface area contributed by atoms with Crippen molar-refractivity contribution < 1.29 is 15.1 Å². The molecule has 0 heterocycles. The summed E-state index contributed by atoms with van der Waals surface area (Å²) in [6.07, 6.45) is 8.73. The Morgan fingerprint density at radius 2 is 0.941 bits per heavy atom. The normalized spacial score (nSPS) is 10.1. The summed E-state index contributed by atoms with van der Waals surface area (Å²) in [5, 5.41) is 21.5. The SMILES string of the molecule is CCCC[SiH](CCCC)CCCC.OB(O)O. The Bertz CT molecular complexity index is 115. The van der Waals surface area contributed by atoms with Crippen LogP contribution in [0.3, 0.4) is 0 Å². The van der Waals surface area contributed by atoms with E-state index in [0.29, 0.717) is 0 Å². The Morgan fingerprint density at radius 1 is 0.706 bits per heavy atom. The fourth-order valence-electron chi connectivity index (χ4n) is 1.91. The summed E-state index contributed by atoms with van der Waals surface area (Å²) in [5.74, 6) is 0. The van der Waals surface area contributed by atoms with Gasteiger partial charge in [0.15, 0.2) is 0 Å². The Kier molecular flexibility index (Phi) is 18.5. The zero-order valence-electron chi connectivity index (χ0n) is 11.9. The van der Waals surface area contributed by atoms with E-state index >= 15 is 0 Å². The van der Waals surface area contributed by atoms with Crippen LogP contribution in [0, 0.1) is 0 Å². The summed E-state index contributed by atoms with van der Waals surface area (Å²) in [4.78, 5) is 0. The van der Waals surface area contributed by atoms with E-state index in [1.165, 1.54) is 38.5 Å². The minimum atomic E-state index is -2.17. The Labute approximate surface area is 109 Å². The van der Waals surface area contributed by atoms with E-state index in [0.717, 1.165) is 0 Å². The molecule has 0 atom stereocenters. The Balaban J connectivity index is 0. The van der Waals surface area contributed by atoms with Crippen molar-refractivity contribution in [2.24, 2.45) is 0 Å². The van der Waals surface area contributed by atoms with Crippen LogP contribution >= 0.6 is 0 Å². The van der Waals surface area contributed by atoms with E-state index in [9.17, 15) is 0 Å². The third-order valence-electron chi connectivity index (χ3n) is 2.90. The van der Waals surface area contributed by atoms with Gasteiger partial charge in [0, 0.05) is 8.80 Å². The van der Waals surface area contributed by atoms with Crippen LogP contribution in [0.4, 0.5) is 0 Å². The highest BCUT2D eigenvalue weighted by atomic mass is 28.3. The Morgan fingerprint density at radius 3 is 1.12 bits per heavy atom. The molecular formula is C12H31BO3Si. The van der Waals surface area contributed by atoms with Crippen molar-refractivity contribution in [3.8, 4) is 0 Å². The summed E-state index contributed by atoms with van der Waals surface area (Å²) in [6.45, 7) is 6.97. The molecule has 3 N–H and O–H groups in total. The lowest BCUT2D eigenvalue weighted by atomic mass is 10.3.